The fourth-order valence-corrected chi connectivity index (χ4v) is 1.89. The van der Waals surface area contributed by atoms with E-state index in [0.717, 1.165) is 12.1 Å². The number of amides is 1. The molecule has 0 spiro atoms. The second-order valence-electron chi connectivity index (χ2n) is 4.81. The molecule has 0 bridgehead atoms. The van der Waals surface area contributed by atoms with Crippen molar-refractivity contribution in [3.8, 4) is 0 Å². The van der Waals surface area contributed by atoms with Gasteiger partial charge in [-0.2, -0.15) is 13.2 Å². The third-order valence-corrected chi connectivity index (χ3v) is 3.20. The smallest absolute Gasteiger partial charge is 0.348 e. The number of nitrogens with one attached hydrogen (secondary N) is 1. The van der Waals surface area contributed by atoms with Gasteiger partial charge in [-0.1, -0.05) is 0 Å². The maximum absolute atomic E-state index is 13.4. The van der Waals surface area contributed by atoms with Crippen molar-refractivity contribution in [1.29, 1.82) is 0 Å². The van der Waals surface area contributed by atoms with Gasteiger partial charge in [0.05, 0.1) is 5.56 Å². The molecule has 0 aliphatic carbocycles. The largest absolute Gasteiger partial charge is 0.416 e. The molecule has 1 N–H and O–H groups in total. The van der Waals surface area contributed by atoms with Crippen LogP contribution in [0.2, 0.25) is 0 Å². The molecular formula is C15H7F8NO. The molecule has 2 aromatic rings. The Hall–Kier alpha value is -2.65. The van der Waals surface area contributed by atoms with Crippen LogP contribution in [0.4, 0.5) is 35.1 Å². The average Bonchev–Trinajstić information content (AvgIpc) is 2.57. The van der Waals surface area contributed by atoms with Gasteiger partial charge in [0.2, 0.25) is 5.82 Å². The molecule has 0 aliphatic heterocycles. The van der Waals surface area contributed by atoms with E-state index in [9.17, 15) is 39.9 Å². The lowest BCUT2D eigenvalue weighted by molar-refractivity contribution is -0.137. The minimum atomic E-state index is -4.62. The molecule has 2 aromatic carbocycles. The van der Waals surface area contributed by atoms with Gasteiger partial charge in [0, 0.05) is 17.7 Å². The number of rotatable bonds is 3. The fraction of sp³-hybridized carbons (Fsp3) is 0.133. The fourth-order valence-electron chi connectivity index (χ4n) is 1.89. The number of halogens is 8. The second kappa shape index (κ2) is 6.69. The highest BCUT2D eigenvalue weighted by atomic mass is 19.4. The molecule has 0 aliphatic rings. The second-order valence-corrected chi connectivity index (χ2v) is 4.81. The van der Waals surface area contributed by atoms with Crippen molar-refractivity contribution in [1.82, 2.24) is 5.32 Å². The lowest BCUT2D eigenvalue weighted by Gasteiger charge is -2.10. The quantitative estimate of drug-likeness (QED) is 0.487. The Morgan fingerprint density at radius 3 is 1.68 bits per heavy atom. The Bertz CT molecular complexity index is 785. The first-order valence-electron chi connectivity index (χ1n) is 6.49. The van der Waals surface area contributed by atoms with Crippen LogP contribution in [0, 0.1) is 29.1 Å². The zero-order chi connectivity index (χ0) is 18.9. The molecule has 0 fully saturated rings. The lowest BCUT2D eigenvalue weighted by Crippen LogP contribution is -2.25. The van der Waals surface area contributed by atoms with Gasteiger partial charge in [-0.3, -0.25) is 4.79 Å². The summed E-state index contributed by atoms with van der Waals surface area (Å²) in [4.78, 5) is 11.7. The van der Waals surface area contributed by atoms with Crippen LogP contribution in [0.3, 0.4) is 0 Å². The molecule has 1 amide bonds. The summed E-state index contributed by atoms with van der Waals surface area (Å²) in [7, 11) is 0. The molecule has 0 unspecified atom stereocenters. The minimum Gasteiger partial charge on any atom is -0.348 e. The predicted molar refractivity (Wildman–Crippen MR) is 68.8 cm³/mol. The maximum atomic E-state index is 13.4. The SMILES string of the molecule is O=C(NCc1c(F)c(F)c(F)c(F)c1F)c1ccc(C(F)(F)F)cc1. The Kier molecular flexibility index (Phi) is 5.00. The Morgan fingerprint density at radius 1 is 0.800 bits per heavy atom. The number of hydrogen-bond donors (Lipinski definition) is 1. The van der Waals surface area contributed by atoms with Gasteiger partial charge in [-0.15, -0.1) is 0 Å². The summed E-state index contributed by atoms with van der Waals surface area (Å²) >= 11 is 0. The predicted octanol–water partition coefficient (Wildman–Crippen LogP) is 4.33. The van der Waals surface area contributed by atoms with Crippen LogP contribution in [-0.2, 0) is 12.7 Å². The van der Waals surface area contributed by atoms with E-state index in [1.807, 2.05) is 5.32 Å². The third kappa shape index (κ3) is 3.72. The molecule has 0 aromatic heterocycles. The van der Waals surface area contributed by atoms with E-state index < -0.39 is 58.8 Å². The van der Waals surface area contributed by atoms with E-state index in [1.165, 1.54) is 0 Å². The van der Waals surface area contributed by atoms with Gasteiger partial charge in [0.15, 0.2) is 23.3 Å². The van der Waals surface area contributed by atoms with Crippen LogP contribution in [0.15, 0.2) is 24.3 Å². The molecule has 134 valence electrons. The molecule has 2 nitrogen and oxygen atoms in total. The first-order valence-corrected chi connectivity index (χ1v) is 6.49. The number of benzene rings is 2. The summed E-state index contributed by atoms with van der Waals surface area (Å²) < 4.78 is 103. The lowest BCUT2D eigenvalue weighted by atomic mass is 10.1. The molecule has 10 heteroatoms. The average molecular weight is 369 g/mol. The molecule has 25 heavy (non-hydrogen) atoms. The van der Waals surface area contributed by atoms with Gasteiger partial charge in [-0.25, -0.2) is 22.0 Å². The third-order valence-electron chi connectivity index (χ3n) is 3.20. The van der Waals surface area contributed by atoms with Crippen LogP contribution in [0.25, 0.3) is 0 Å². The molecule has 2 rings (SSSR count). The number of alkyl halides is 3. The summed E-state index contributed by atoms with van der Waals surface area (Å²) in [5.74, 6) is -11.9. The zero-order valence-corrected chi connectivity index (χ0v) is 11.9. The number of carbonyl (C=O) groups excluding carboxylic acids is 1. The highest BCUT2D eigenvalue weighted by molar-refractivity contribution is 5.94. The van der Waals surface area contributed by atoms with E-state index in [2.05, 4.69) is 0 Å². The van der Waals surface area contributed by atoms with Crippen LogP contribution in [-0.4, -0.2) is 5.91 Å². The molecule has 0 radical (unpaired) electrons. The highest BCUT2D eigenvalue weighted by Crippen LogP contribution is 2.29. The van der Waals surface area contributed by atoms with E-state index in [-0.39, 0.29) is 5.56 Å². The van der Waals surface area contributed by atoms with Gasteiger partial charge >= 0.3 is 6.18 Å². The van der Waals surface area contributed by atoms with E-state index in [4.69, 9.17) is 0 Å². The van der Waals surface area contributed by atoms with Crippen LogP contribution >= 0.6 is 0 Å². The molecule has 0 atom stereocenters. The Labute approximate surface area is 135 Å². The van der Waals surface area contributed by atoms with Crippen molar-refractivity contribution in [2.75, 3.05) is 0 Å². The van der Waals surface area contributed by atoms with Crippen molar-refractivity contribution < 1.29 is 39.9 Å². The van der Waals surface area contributed by atoms with E-state index >= 15 is 0 Å². The minimum absolute atomic E-state index is 0.295. The summed E-state index contributed by atoms with van der Waals surface area (Å²) in [5, 5.41) is 1.87. The van der Waals surface area contributed by atoms with Crippen molar-refractivity contribution >= 4 is 5.91 Å². The van der Waals surface area contributed by atoms with Gasteiger partial charge < -0.3 is 5.32 Å². The van der Waals surface area contributed by atoms with Crippen molar-refractivity contribution in [3.63, 3.8) is 0 Å². The summed E-state index contributed by atoms with van der Waals surface area (Å²) in [6, 6.07) is 2.81. The summed E-state index contributed by atoms with van der Waals surface area (Å²) in [5.41, 5.74) is -2.59. The summed E-state index contributed by atoms with van der Waals surface area (Å²) in [6.45, 7) is -1.05. The Balaban J connectivity index is 2.18. The molecule has 0 saturated carbocycles. The van der Waals surface area contributed by atoms with Crippen LogP contribution in [0.5, 0.6) is 0 Å². The molecule has 0 heterocycles. The van der Waals surface area contributed by atoms with Crippen molar-refractivity contribution in [2.24, 2.45) is 0 Å². The number of hydrogen-bond acceptors (Lipinski definition) is 1. The van der Waals surface area contributed by atoms with Crippen LogP contribution in [0.1, 0.15) is 21.5 Å². The Morgan fingerprint density at radius 2 is 1.24 bits per heavy atom. The van der Waals surface area contributed by atoms with Gasteiger partial charge in [0.1, 0.15) is 0 Å². The van der Waals surface area contributed by atoms with Crippen LogP contribution < -0.4 is 5.32 Å². The maximum Gasteiger partial charge on any atom is 0.416 e. The number of carbonyl (C=O) groups is 1. The highest BCUT2D eigenvalue weighted by Gasteiger charge is 2.30. The first-order chi connectivity index (χ1) is 11.5. The van der Waals surface area contributed by atoms with Crippen molar-refractivity contribution in [2.45, 2.75) is 12.7 Å². The van der Waals surface area contributed by atoms with E-state index in [0.29, 0.717) is 12.1 Å². The van der Waals surface area contributed by atoms with Gasteiger partial charge in [-0.05, 0) is 24.3 Å². The topological polar surface area (TPSA) is 29.1 Å². The monoisotopic (exact) mass is 369 g/mol. The normalized spacial score (nSPS) is 11.5. The van der Waals surface area contributed by atoms with Crippen molar-refractivity contribution in [3.05, 3.63) is 70.0 Å². The zero-order valence-electron chi connectivity index (χ0n) is 11.9. The standard InChI is InChI=1S/C15H7F8NO/c16-9-8(10(17)12(19)13(20)11(9)18)5-24-14(25)6-1-3-7(4-2-6)15(21,22)23/h1-4H,5H2,(H,24,25). The first kappa shape index (κ1) is 18.7. The molecular weight excluding hydrogens is 362 g/mol. The van der Waals surface area contributed by atoms with E-state index in [1.54, 1.807) is 0 Å². The van der Waals surface area contributed by atoms with Gasteiger partial charge in [0.25, 0.3) is 5.91 Å². The molecule has 0 saturated heterocycles. The summed E-state index contributed by atoms with van der Waals surface area (Å²) in [6.07, 6.45) is -4.62.